The zero-order chi connectivity index (χ0) is 14.8. The molecule has 19 heavy (non-hydrogen) atoms. The van der Waals surface area contributed by atoms with Crippen molar-refractivity contribution in [2.75, 3.05) is 0 Å². The van der Waals surface area contributed by atoms with Crippen LogP contribution in [-0.4, -0.2) is 30.1 Å². The minimum Gasteiger partial charge on any atom is -0.346 e. The van der Waals surface area contributed by atoms with Gasteiger partial charge in [-0.05, 0) is 26.7 Å². The van der Waals surface area contributed by atoms with E-state index in [1.165, 1.54) is 0 Å². The van der Waals surface area contributed by atoms with Gasteiger partial charge in [0.2, 0.25) is 10.0 Å². The summed E-state index contributed by atoms with van der Waals surface area (Å²) < 4.78 is 23.1. The van der Waals surface area contributed by atoms with Gasteiger partial charge in [-0.3, -0.25) is 9.89 Å². The highest BCUT2D eigenvalue weighted by Gasteiger charge is 2.29. The van der Waals surface area contributed by atoms with Gasteiger partial charge in [-0.25, -0.2) is 13.6 Å². The molecule has 1 aromatic heterocycles. The van der Waals surface area contributed by atoms with Crippen molar-refractivity contribution in [3.05, 3.63) is 11.4 Å². The van der Waals surface area contributed by atoms with Gasteiger partial charge in [0, 0.05) is 5.54 Å². The number of sulfonamides is 1. The Labute approximate surface area is 113 Å². The fraction of sp³-hybridized carbons (Fsp3) is 0.636. The van der Waals surface area contributed by atoms with Gasteiger partial charge in [-0.1, -0.05) is 13.8 Å². The molecule has 0 radical (unpaired) electrons. The van der Waals surface area contributed by atoms with Crippen LogP contribution in [0.3, 0.4) is 0 Å². The van der Waals surface area contributed by atoms with E-state index >= 15 is 0 Å². The van der Waals surface area contributed by atoms with Gasteiger partial charge < -0.3 is 5.32 Å². The number of rotatable bonds is 5. The standard InChI is InChI=1S/C11H20N4O3S/c1-5-7-9(19(12,17)18)8(15-14-7)10(16)13-11(3,4)6-2/h5-6H2,1-4H3,(H,13,16)(H,14,15)(H2,12,17,18). The molecule has 108 valence electrons. The molecule has 8 heteroatoms. The number of nitrogens with two attached hydrogens (primary N) is 1. The molecule has 1 heterocycles. The average Bonchev–Trinajstić information content (AvgIpc) is 2.71. The molecular formula is C11H20N4O3S. The Hall–Kier alpha value is -1.41. The Balaban J connectivity index is 3.22. The molecule has 0 atom stereocenters. The van der Waals surface area contributed by atoms with Crippen molar-refractivity contribution in [1.82, 2.24) is 15.5 Å². The van der Waals surface area contributed by atoms with Crippen LogP contribution in [0.1, 0.15) is 50.3 Å². The lowest BCUT2D eigenvalue weighted by molar-refractivity contribution is 0.0902. The molecule has 0 aliphatic heterocycles. The van der Waals surface area contributed by atoms with E-state index in [2.05, 4.69) is 15.5 Å². The van der Waals surface area contributed by atoms with E-state index in [-0.39, 0.29) is 10.6 Å². The molecule has 0 unspecified atom stereocenters. The van der Waals surface area contributed by atoms with E-state index < -0.39 is 21.5 Å². The number of H-pyrrole nitrogens is 1. The highest BCUT2D eigenvalue weighted by Crippen LogP contribution is 2.18. The Morgan fingerprint density at radius 3 is 2.42 bits per heavy atom. The van der Waals surface area contributed by atoms with Crippen molar-refractivity contribution in [1.29, 1.82) is 0 Å². The zero-order valence-electron chi connectivity index (χ0n) is 11.6. The van der Waals surface area contributed by atoms with Crippen LogP contribution in [-0.2, 0) is 16.4 Å². The monoisotopic (exact) mass is 288 g/mol. The first kappa shape index (κ1) is 15.6. The SMILES string of the molecule is CCc1[nH]nc(C(=O)NC(C)(C)CC)c1S(N)(=O)=O. The maximum Gasteiger partial charge on any atom is 0.273 e. The molecule has 0 bridgehead atoms. The number of hydrogen-bond donors (Lipinski definition) is 3. The van der Waals surface area contributed by atoms with Gasteiger partial charge in [0.05, 0.1) is 5.69 Å². The third-order valence-electron chi connectivity index (χ3n) is 2.98. The van der Waals surface area contributed by atoms with Crippen LogP contribution in [0.5, 0.6) is 0 Å². The summed E-state index contributed by atoms with van der Waals surface area (Å²) in [7, 11) is -3.99. The molecule has 1 rings (SSSR count). The van der Waals surface area contributed by atoms with Crippen LogP contribution >= 0.6 is 0 Å². The summed E-state index contributed by atoms with van der Waals surface area (Å²) in [5.41, 5.74) is -0.291. The molecule has 0 aliphatic carbocycles. The summed E-state index contributed by atoms with van der Waals surface area (Å²) in [5, 5.41) is 14.2. The van der Waals surface area contributed by atoms with Crippen LogP contribution < -0.4 is 10.5 Å². The second-order valence-corrected chi connectivity index (χ2v) is 6.47. The van der Waals surface area contributed by atoms with Crippen molar-refractivity contribution < 1.29 is 13.2 Å². The zero-order valence-corrected chi connectivity index (χ0v) is 12.4. The van der Waals surface area contributed by atoms with Crippen LogP contribution in [0.4, 0.5) is 0 Å². The van der Waals surface area contributed by atoms with E-state index in [0.29, 0.717) is 18.5 Å². The molecule has 1 aromatic rings. The van der Waals surface area contributed by atoms with Gasteiger partial charge in [0.25, 0.3) is 5.91 Å². The van der Waals surface area contributed by atoms with E-state index in [0.717, 1.165) is 0 Å². The highest BCUT2D eigenvalue weighted by molar-refractivity contribution is 7.89. The lowest BCUT2D eigenvalue weighted by Crippen LogP contribution is -2.43. The first-order chi connectivity index (χ1) is 8.62. The van der Waals surface area contributed by atoms with Crippen LogP contribution in [0.2, 0.25) is 0 Å². The first-order valence-electron chi connectivity index (χ1n) is 6.05. The van der Waals surface area contributed by atoms with E-state index in [1.54, 1.807) is 6.92 Å². The van der Waals surface area contributed by atoms with Crippen molar-refractivity contribution in [2.45, 2.75) is 51.0 Å². The number of carbonyl (C=O) groups is 1. The smallest absolute Gasteiger partial charge is 0.273 e. The molecule has 0 spiro atoms. The Morgan fingerprint density at radius 2 is 2.00 bits per heavy atom. The Bertz CT molecular complexity index is 575. The largest absolute Gasteiger partial charge is 0.346 e. The predicted molar refractivity (Wildman–Crippen MR) is 71.2 cm³/mol. The molecule has 1 amide bonds. The second-order valence-electron chi connectivity index (χ2n) is 4.97. The number of amides is 1. The fourth-order valence-corrected chi connectivity index (χ4v) is 2.46. The molecule has 0 saturated carbocycles. The quantitative estimate of drug-likeness (QED) is 0.732. The summed E-state index contributed by atoms with van der Waals surface area (Å²) >= 11 is 0. The number of nitrogens with zero attached hydrogens (tertiary/aromatic N) is 1. The van der Waals surface area contributed by atoms with Crippen LogP contribution in [0, 0.1) is 0 Å². The molecule has 0 aliphatic rings. The van der Waals surface area contributed by atoms with Crippen LogP contribution in [0.25, 0.3) is 0 Å². The van der Waals surface area contributed by atoms with Gasteiger partial charge in [-0.15, -0.1) is 0 Å². The normalized spacial score (nSPS) is 12.5. The minimum atomic E-state index is -3.99. The van der Waals surface area contributed by atoms with Gasteiger partial charge in [0.1, 0.15) is 4.90 Å². The summed E-state index contributed by atoms with van der Waals surface area (Å²) in [6, 6.07) is 0. The number of aryl methyl sites for hydroxylation is 1. The summed E-state index contributed by atoms with van der Waals surface area (Å²) in [4.78, 5) is 11.9. The van der Waals surface area contributed by atoms with Gasteiger partial charge in [0.15, 0.2) is 5.69 Å². The highest BCUT2D eigenvalue weighted by atomic mass is 32.2. The number of aromatic nitrogens is 2. The molecule has 4 N–H and O–H groups in total. The predicted octanol–water partition coefficient (Wildman–Crippen LogP) is 0.538. The number of nitrogens with one attached hydrogen (secondary N) is 2. The lowest BCUT2D eigenvalue weighted by atomic mass is 10.0. The lowest BCUT2D eigenvalue weighted by Gasteiger charge is -2.23. The van der Waals surface area contributed by atoms with Crippen molar-refractivity contribution in [3.8, 4) is 0 Å². The van der Waals surface area contributed by atoms with Gasteiger partial charge in [-0.2, -0.15) is 5.10 Å². The summed E-state index contributed by atoms with van der Waals surface area (Å²) in [5.74, 6) is -0.549. The molecule has 0 aromatic carbocycles. The third-order valence-corrected chi connectivity index (χ3v) is 3.99. The fourth-order valence-electron chi connectivity index (χ4n) is 1.52. The molecule has 0 fully saturated rings. The first-order valence-corrected chi connectivity index (χ1v) is 7.59. The molecule has 0 saturated heterocycles. The Morgan fingerprint density at radius 1 is 1.42 bits per heavy atom. The number of carbonyl (C=O) groups excluding carboxylic acids is 1. The number of hydrogen-bond acceptors (Lipinski definition) is 4. The second kappa shape index (κ2) is 5.30. The van der Waals surface area contributed by atoms with Crippen molar-refractivity contribution in [3.63, 3.8) is 0 Å². The van der Waals surface area contributed by atoms with Crippen molar-refractivity contribution in [2.24, 2.45) is 5.14 Å². The van der Waals surface area contributed by atoms with E-state index in [9.17, 15) is 13.2 Å². The maximum absolute atomic E-state index is 12.1. The minimum absolute atomic E-state index is 0.180. The average molecular weight is 288 g/mol. The van der Waals surface area contributed by atoms with E-state index in [1.807, 2.05) is 20.8 Å². The molecule has 7 nitrogen and oxygen atoms in total. The van der Waals surface area contributed by atoms with Crippen LogP contribution in [0.15, 0.2) is 4.90 Å². The topological polar surface area (TPSA) is 118 Å². The number of primary sulfonamides is 1. The maximum atomic E-state index is 12.1. The molecular weight excluding hydrogens is 268 g/mol. The summed E-state index contributed by atoms with van der Waals surface area (Å²) in [6.45, 7) is 7.35. The summed E-state index contributed by atoms with van der Waals surface area (Å²) in [6.07, 6.45) is 1.09. The van der Waals surface area contributed by atoms with Gasteiger partial charge >= 0.3 is 0 Å². The van der Waals surface area contributed by atoms with Crippen molar-refractivity contribution >= 4 is 15.9 Å². The Kier molecular flexibility index (Phi) is 4.36. The van der Waals surface area contributed by atoms with E-state index in [4.69, 9.17) is 5.14 Å². The third kappa shape index (κ3) is 3.54. The number of aromatic amines is 1.